The zero-order chi connectivity index (χ0) is 17.6. The highest BCUT2D eigenvalue weighted by Crippen LogP contribution is 2.35. The summed E-state index contributed by atoms with van der Waals surface area (Å²) in [5, 5.41) is 0. The zero-order valence-corrected chi connectivity index (χ0v) is 14.2. The number of amides is 1. The predicted molar refractivity (Wildman–Crippen MR) is 86.9 cm³/mol. The number of ether oxygens (including phenoxy) is 4. The molecule has 134 valence electrons. The van der Waals surface area contributed by atoms with Crippen molar-refractivity contribution in [3.05, 3.63) is 36.0 Å². The Bertz CT molecular complexity index is 730. The molecule has 0 saturated heterocycles. The molecule has 0 bridgehead atoms. The van der Waals surface area contributed by atoms with Crippen LogP contribution in [0.15, 0.2) is 28.9 Å². The van der Waals surface area contributed by atoms with E-state index in [1.165, 1.54) is 6.26 Å². The van der Waals surface area contributed by atoms with Crippen LogP contribution in [0.5, 0.6) is 17.2 Å². The van der Waals surface area contributed by atoms with E-state index in [4.69, 9.17) is 23.4 Å². The maximum atomic E-state index is 12.2. The van der Waals surface area contributed by atoms with Crippen LogP contribution in [-0.2, 0) is 11.3 Å². The topological polar surface area (TPSA) is 83.3 Å². The number of methoxy groups -OCH3 is 1. The smallest absolute Gasteiger partial charge is 0.275 e. The van der Waals surface area contributed by atoms with E-state index in [9.17, 15) is 4.79 Å². The second-order valence-corrected chi connectivity index (χ2v) is 5.50. The van der Waals surface area contributed by atoms with Crippen molar-refractivity contribution in [3.63, 3.8) is 0 Å². The summed E-state index contributed by atoms with van der Waals surface area (Å²) in [6, 6.07) is 5.28. The van der Waals surface area contributed by atoms with Crippen LogP contribution in [0.3, 0.4) is 0 Å². The van der Waals surface area contributed by atoms with Crippen molar-refractivity contribution in [2.24, 2.45) is 0 Å². The first-order valence-electron chi connectivity index (χ1n) is 7.88. The molecule has 2 heterocycles. The molecular weight excluding hydrogens is 328 g/mol. The van der Waals surface area contributed by atoms with Gasteiger partial charge in [0.2, 0.25) is 12.7 Å². The fraction of sp³-hybridized carbons (Fsp3) is 0.412. The molecular formula is C17H20N2O6. The second-order valence-electron chi connectivity index (χ2n) is 5.50. The molecule has 0 spiro atoms. The first-order valence-corrected chi connectivity index (χ1v) is 7.88. The average Bonchev–Trinajstić information content (AvgIpc) is 3.28. The maximum absolute atomic E-state index is 12.2. The number of aromatic nitrogens is 1. The van der Waals surface area contributed by atoms with Crippen LogP contribution in [0.25, 0.3) is 0 Å². The van der Waals surface area contributed by atoms with Crippen LogP contribution in [-0.4, -0.2) is 49.9 Å². The van der Waals surface area contributed by atoms with Gasteiger partial charge in [-0.3, -0.25) is 4.79 Å². The van der Waals surface area contributed by atoms with Gasteiger partial charge in [0.1, 0.15) is 12.0 Å². The average molecular weight is 348 g/mol. The molecule has 1 aliphatic heterocycles. The van der Waals surface area contributed by atoms with Gasteiger partial charge in [-0.1, -0.05) is 0 Å². The molecule has 0 atom stereocenters. The van der Waals surface area contributed by atoms with Gasteiger partial charge in [-0.25, -0.2) is 4.98 Å². The van der Waals surface area contributed by atoms with E-state index in [1.807, 2.05) is 0 Å². The second kappa shape index (κ2) is 7.89. The van der Waals surface area contributed by atoms with Crippen LogP contribution < -0.4 is 14.2 Å². The molecule has 0 unspecified atom stereocenters. The van der Waals surface area contributed by atoms with Gasteiger partial charge in [0.15, 0.2) is 23.8 Å². The fourth-order valence-corrected chi connectivity index (χ4v) is 2.33. The third-order valence-corrected chi connectivity index (χ3v) is 3.67. The Morgan fingerprint density at radius 2 is 2.16 bits per heavy atom. The van der Waals surface area contributed by atoms with Crippen LogP contribution in [0.2, 0.25) is 0 Å². The SMILES string of the molecule is COCCCN(C)C(=O)c1coc(COc2ccc3c(c2)OCO3)n1. The summed E-state index contributed by atoms with van der Waals surface area (Å²) in [6.07, 6.45) is 2.10. The van der Waals surface area contributed by atoms with Crippen molar-refractivity contribution in [1.82, 2.24) is 9.88 Å². The minimum Gasteiger partial charge on any atom is -0.484 e. The van der Waals surface area contributed by atoms with Gasteiger partial charge >= 0.3 is 0 Å². The Kier molecular flexibility index (Phi) is 5.39. The van der Waals surface area contributed by atoms with Gasteiger partial charge in [0.05, 0.1) is 0 Å². The van der Waals surface area contributed by atoms with Crippen LogP contribution >= 0.6 is 0 Å². The number of carbonyl (C=O) groups excluding carboxylic acids is 1. The van der Waals surface area contributed by atoms with E-state index in [1.54, 1.807) is 37.3 Å². The van der Waals surface area contributed by atoms with Crippen LogP contribution in [0, 0.1) is 0 Å². The molecule has 1 amide bonds. The number of oxazole rings is 1. The van der Waals surface area contributed by atoms with Crippen molar-refractivity contribution in [1.29, 1.82) is 0 Å². The molecule has 1 aromatic carbocycles. The fourth-order valence-electron chi connectivity index (χ4n) is 2.33. The molecule has 0 fully saturated rings. The number of rotatable bonds is 8. The van der Waals surface area contributed by atoms with Crippen molar-refractivity contribution in [2.45, 2.75) is 13.0 Å². The summed E-state index contributed by atoms with van der Waals surface area (Å²) in [5.41, 5.74) is 0.254. The predicted octanol–water partition coefficient (Wildman–Crippen LogP) is 2.09. The highest BCUT2D eigenvalue weighted by atomic mass is 16.7. The lowest BCUT2D eigenvalue weighted by Crippen LogP contribution is -2.28. The minimum atomic E-state index is -0.200. The lowest BCUT2D eigenvalue weighted by atomic mass is 10.3. The molecule has 8 heteroatoms. The van der Waals surface area contributed by atoms with Gasteiger partial charge in [-0.15, -0.1) is 0 Å². The molecule has 3 rings (SSSR count). The van der Waals surface area contributed by atoms with Crippen molar-refractivity contribution in [2.75, 3.05) is 34.1 Å². The van der Waals surface area contributed by atoms with Gasteiger partial charge < -0.3 is 28.3 Å². The first kappa shape index (κ1) is 17.1. The lowest BCUT2D eigenvalue weighted by Gasteiger charge is -2.14. The Morgan fingerprint density at radius 1 is 1.32 bits per heavy atom. The van der Waals surface area contributed by atoms with Gasteiger partial charge in [-0.2, -0.15) is 0 Å². The summed E-state index contributed by atoms with van der Waals surface area (Å²) in [4.78, 5) is 18.0. The first-order chi connectivity index (χ1) is 12.2. The minimum absolute atomic E-state index is 0.111. The molecule has 2 aromatic rings. The summed E-state index contributed by atoms with van der Waals surface area (Å²) in [7, 11) is 3.35. The molecule has 25 heavy (non-hydrogen) atoms. The molecule has 0 radical (unpaired) electrons. The number of nitrogens with zero attached hydrogens (tertiary/aromatic N) is 2. The number of benzene rings is 1. The Balaban J connectivity index is 1.53. The quantitative estimate of drug-likeness (QED) is 0.676. The van der Waals surface area contributed by atoms with E-state index in [0.717, 1.165) is 6.42 Å². The number of fused-ring (bicyclic) bond motifs is 1. The number of hydrogen-bond donors (Lipinski definition) is 0. The van der Waals surface area contributed by atoms with E-state index in [2.05, 4.69) is 4.98 Å². The number of carbonyl (C=O) groups is 1. The van der Waals surface area contributed by atoms with Gasteiger partial charge in [0, 0.05) is 33.4 Å². The third kappa shape index (κ3) is 4.21. The summed E-state index contributed by atoms with van der Waals surface area (Å²) in [5.74, 6) is 2.05. The Morgan fingerprint density at radius 3 is 3.00 bits per heavy atom. The van der Waals surface area contributed by atoms with Gasteiger partial charge in [-0.05, 0) is 18.6 Å². The maximum Gasteiger partial charge on any atom is 0.275 e. The number of hydrogen-bond acceptors (Lipinski definition) is 7. The van der Waals surface area contributed by atoms with Crippen LogP contribution in [0.1, 0.15) is 22.8 Å². The van der Waals surface area contributed by atoms with Crippen molar-refractivity contribution >= 4 is 5.91 Å². The van der Waals surface area contributed by atoms with Crippen molar-refractivity contribution < 1.29 is 28.2 Å². The highest BCUT2D eigenvalue weighted by molar-refractivity contribution is 5.91. The van der Waals surface area contributed by atoms with Crippen LogP contribution in [0.4, 0.5) is 0 Å². The summed E-state index contributed by atoms with van der Waals surface area (Å²) < 4.78 is 26.4. The van der Waals surface area contributed by atoms with E-state index >= 15 is 0 Å². The molecule has 0 aliphatic carbocycles. The zero-order valence-electron chi connectivity index (χ0n) is 14.2. The standard InChI is InChI=1S/C17H20N2O6/c1-19(6-3-7-21-2)17(20)13-9-23-16(18-13)10-22-12-4-5-14-15(8-12)25-11-24-14/h4-5,8-9H,3,6-7,10-11H2,1-2H3. The Hall–Kier alpha value is -2.74. The van der Waals surface area contributed by atoms with E-state index in [-0.39, 0.29) is 25.0 Å². The largest absolute Gasteiger partial charge is 0.484 e. The molecule has 1 aromatic heterocycles. The van der Waals surface area contributed by atoms with E-state index in [0.29, 0.717) is 36.3 Å². The normalized spacial score (nSPS) is 12.2. The molecule has 1 aliphatic rings. The Labute approximate surface area is 145 Å². The van der Waals surface area contributed by atoms with Crippen molar-refractivity contribution in [3.8, 4) is 17.2 Å². The highest BCUT2D eigenvalue weighted by Gasteiger charge is 2.17. The summed E-state index contributed by atoms with van der Waals surface area (Å²) in [6.45, 7) is 1.51. The summed E-state index contributed by atoms with van der Waals surface area (Å²) >= 11 is 0. The third-order valence-electron chi connectivity index (χ3n) is 3.67. The molecule has 8 nitrogen and oxygen atoms in total. The lowest BCUT2D eigenvalue weighted by molar-refractivity contribution is 0.0773. The monoisotopic (exact) mass is 348 g/mol. The molecule has 0 N–H and O–H groups in total. The van der Waals surface area contributed by atoms with E-state index < -0.39 is 0 Å². The molecule has 0 saturated carbocycles. The van der Waals surface area contributed by atoms with Gasteiger partial charge in [0.25, 0.3) is 5.91 Å².